The van der Waals surface area contributed by atoms with Gasteiger partial charge >= 0.3 is 0 Å². The molecular weight excluding hydrogens is 849 g/mol. The first-order chi connectivity index (χ1) is 32.0. The fourth-order valence-corrected chi connectivity index (χ4v) is 8.35. The maximum Gasteiger partial charge on any atom is 0.243 e. The number of aromatic amines is 1. The van der Waals surface area contributed by atoms with Crippen LogP contribution in [-0.2, 0) is 43.2 Å². The maximum atomic E-state index is 14.8. The van der Waals surface area contributed by atoms with Crippen LogP contribution in [0.5, 0.6) is 0 Å². The van der Waals surface area contributed by atoms with E-state index in [2.05, 4.69) is 43.9 Å². The van der Waals surface area contributed by atoms with Gasteiger partial charge < -0.3 is 37.7 Å². The second kappa shape index (κ2) is 22.7. The van der Waals surface area contributed by atoms with Gasteiger partial charge in [0.25, 0.3) is 0 Å². The number of pyridine rings is 1. The summed E-state index contributed by atoms with van der Waals surface area (Å²) in [7, 11) is 0. The second-order valence-corrected chi connectivity index (χ2v) is 17.1. The number of anilines is 1. The van der Waals surface area contributed by atoms with Gasteiger partial charge in [0.15, 0.2) is 5.78 Å². The van der Waals surface area contributed by atoms with Crippen LogP contribution in [0, 0.1) is 5.92 Å². The van der Waals surface area contributed by atoms with Gasteiger partial charge in [-0.3, -0.25) is 24.0 Å². The second-order valence-electron chi connectivity index (χ2n) is 16.7. The fourth-order valence-electron chi connectivity index (χ4n) is 8.18. The molecule has 5 aromatic carbocycles. The number of nitrogens with two attached hydrogens (primary N) is 2. The number of primary amides is 1. The number of fused-ring (bicyclic) bond motifs is 3. The number of Topliss-reactive ketones (excluding diaryl/α,β-unsaturated/α-hetero) is 1. The molecule has 14 heteroatoms. The van der Waals surface area contributed by atoms with Crippen molar-refractivity contribution in [3.8, 4) is 0 Å². The van der Waals surface area contributed by atoms with Gasteiger partial charge in [-0.25, -0.2) is 4.98 Å². The molecule has 0 aliphatic carbocycles. The summed E-state index contributed by atoms with van der Waals surface area (Å²) >= 11 is 4.20. The van der Waals surface area contributed by atoms with Gasteiger partial charge in [0.2, 0.25) is 23.6 Å². The minimum Gasteiger partial charge on any atom is -0.370 e. The summed E-state index contributed by atoms with van der Waals surface area (Å²) in [5.74, 6) is -2.88. The SMILES string of the molecule is NC(=O)[C@H](CCCCNc1ccc2ccccc2n1)NC(=O)[C@H](CC(=O)[C@H](Cc1c[nH]c2ccccc12)NC(=O)[C@@H](Cc1ccc2ccccc2c1)NC(=O)[C@H](N)CS)Cc1ccccc1. The van der Waals surface area contributed by atoms with E-state index in [1.165, 1.54) is 0 Å². The number of H-pyrrole nitrogens is 1. The van der Waals surface area contributed by atoms with Crippen molar-refractivity contribution in [2.24, 2.45) is 17.4 Å². The zero-order chi connectivity index (χ0) is 46.4. The van der Waals surface area contributed by atoms with Crippen LogP contribution in [0.1, 0.15) is 42.4 Å². The quantitative estimate of drug-likeness (QED) is 0.0283. The van der Waals surface area contributed by atoms with E-state index >= 15 is 0 Å². The molecule has 5 atom stereocenters. The molecular formula is C52H56N8O5S. The number of ketones is 1. The first-order valence-electron chi connectivity index (χ1n) is 22.3. The lowest BCUT2D eigenvalue weighted by Gasteiger charge is -2.26. The molecule has 9 N–H and O–H groups in total. The number of carbonyl (C=O) groups is 5. The van der Waals surface area contributed by atoms with Crippen molar-refractivity contribution in [3.63, 3.8) is 0 Å². The lowest BCUT2D eigenvalue weighted by molar-refractivity contribution is -0.134. The van der Waals surface area contributed by atoms with Gasteiger partial charge in [0, 0.05) is 60.0 Å². The van der Waals surface area contributed by atoms with Crippen LogP contribution in [0.4, 0.5) is 5.82 Å². The third-order valence-corrected chi connectivity index (χ3v) is 12.2. The summed E-state index contributed by atoms with van der Waals surface area (Å²) in [6, 6.07) is 38.2. The average molecular weight is 905 g/mol. The molecule has 2 aromatic heterocycles. The van der Waals surface area contributed by atoms with Gasteiger partial charge in [0.1, 0.15) is 17.9 Å². The summed E-state index contributed by atoms with van der Waals surface area (Å²) in [6.07, 6.45) is 3.46. The number of para-hydroxylation sites is 2. The topological polar surface area (TPSA) is 214 Å². The molecule has 4 amide bonds. The minimum atomic E-state index is -1.12. The molecule has 2 heterocycles. The van der Waals surface area contributed by atoms with Crippen molar-refractivity contribution in [1.29, 1.82) is 0 Å². The zero-order valence-electron chi connectivity index (χ0n) is 36.6. The van der Waals surface area contributed by atoms with E-state index in [-0.39, 0.29) is 31.4 Å². The normalized spacial score (nSPS) is 13.6. The van der Waals surface area contributed by atoms with Crippen LogP contribution in [0.15, 0.2) is 140 Å². The first kappa shape index (κ1) is 46.9. The van der Waals surface area contributed by atoms with Gasteiger partial charge in [-0.1, -0.05) is 109 Å². The molecule has 7 aromatic rings. The minimum absolute atomic E-state index is 0.0559. The maximum absolute atomic E-state index is 14.8. The Kier molecular flexibility index (Phi) is 16.2. The number of benzene rings is 5. The monoisotopic (exact) mass is 904 g/mol. The first-order valence-corrected chi connectivity index (χ1v) is 22.9. The molecule has 0 spiro atoms. The Morgan fingerprint density at radius 3 is 2.11 bits per heavy atom. The summed E-state index contributed by atoms with van der Waals surface area (Å²) in [5, 5.41) is 15.9. The number of rotatable bonds is 23. The number of unbranched alkanes of at least 4 members (excludes halogenated alkanes) is 1. The molecule has 0 radical (unpaired) electrons. The van der Waals surface area contributed by atoms with Crippen molar-refractivity contribution in [3.05, 3.63) is 156 Å². The summed E-state index contributed by atoms with van der Waals surface area (Å²) in [6.45, 7) is 0.591. The van der Waals surface area contributed by atoms with Crippen LogP contribution < -0.4 is 32.7 Å². The van der Waals surface area contributed by atoms with Crippen LogP contribution in [-0.4, -0.2) is 75.8 Å². The van der Waals surface area contributed by atoms with Crippen molar-refractivity contribution in [2.75, 3.05) is 17.6 Å². The van der Waals surface area contributed by atoms with Crippen molar-refractivity contribution in [2.45, 2.75) is 69.1 Å². The van der Waals surface area contributed by atoms with E-state index < -0.39 is 59.5 Å². The fraction of sp³-hybridized carbons (Fsp3) is 0.269. The highest BCUT2D eigenvalue weighted by Gasteiger charge is 2.33. The number of nitrogens with zero attached hydrogens (tertiary/aromatic N) is 1. The molecule has 0 unspecified atom stereocenters. The Balaban J connectivity index is 1.09. The number of aromatic nitrogens is 2. The van der Waals surface area contributed by atoms with E-state index in [1.54, 1.807) is 6.20 Å². The van der Waals surface area contributed by atoms with E-state index in [0.717, 1.165) is 55.1 Å². The van der Waals surface area contributed by atoms with Crippen molar-refractivity contribution >= 4 is 80.4 Å². The Bertz CT molecular complexity index is 2800. The summed E-state index contributed by atoms with van der Waals surface area (Å²) in [5.41, 5.74) is 16.0. The van der Waals surface area contributed by atoms with Crippen LogP contribution in [0.25, 0.3) is 32.6 Å². The summed E-state index contributed by atoms with van der Waals surface area (Å²) < 4.78 is 0. The molecule has 340 valence electrons. The highest BCUT2D eigenvalue weighted by atomic mass is 32.1. The molecule has 0 saturated heterocycles. The van der Waals surface area contributed by atoms with E-state index in [4.69, 9.17) is 11.5 Å². The number of hydrogen-bond acceptors (Lipinski definition) is 9. The largest absolute Gasteiger partial charge is 0.370 e. The predicted octanol–water partition coefficient (Wildman–Crippen LogP) is 5.95. The Morgan fingerprint density at radius 2 is 1.32 bits per heavy atom. The Morgan fingerprint density at radius 1 is 0.636 bits per heavy atom. The van der Waals surface area contributed by atoms with E-state index in [1.807, 2.05) is 133 Å². The number of thiol groups is 1. The van der Waals surface area contributed by atoms with Gasteiger partial charge in [-0.15, -0.1) is 0 Å². The molecule has 0 fully saturated rings. The standard InChI is InChI=1S/C52H56N8O5S/c53-41(32-66)51(64)60-46(28-34-21-22-35-14-4-5-16-37(35)27-34)52(65)59-45(29-39-31-56-43-19-9-7-17-40(39)43)47(61)30-38(26-33-12-2-1-3-13-33)50(63)58-44(49(54)62)20-10-11-25-55-48-24-23-36-15-6-8-18-42(36)57-48/h1-9,12-19,21-24,27,31,38,41,44-46,56,66H,10-11,20,25-26,28-30,32,53H2,(H2,54,62)(H,55,57)(H,58,63)(H,59,65)(H,60,64)/t38-,41+,44-,45-,46+/m0/s1. The van der Waals surface area contributed by atoms with Crippen LogP contribution >= 0.6 is 12.6 Å². The van der Waals surface area contributed by atoms with Gasteiger partial charge in [0.05, 0.1) is 17.6 Å². The summed E-state index contributed by atoms with van der Waals surface area (Å²) in [4.78, 5) is 77.5. The molecule has 7 rings (SSSR count). The molecule has 66 heavy (non-hydrogen) atoms. The third-order valence-electron chi connectivity index (χ3n) is 11.9. The average Bonchev–Trinajstić information content (AvgIpc) is 3.75. The highest BCUT2D eigenvalue weighted by Crippen LogP contribution is 2.23. The van der Waals surface area contributed by atoms with Crippen LogP contribution in [0.2, 0.25) is 0 Å². The van der Waals surface area contributed by atoms with E-state index in [0.29, 0.717) is 25.8 Å². The lowest BCUT2D eigenvalue weighted by Crippen LogP contribution is -2.56. The smallest absolute Gasteiger partial charge is 0.243 e. The van der Waals surface area contributed by atoms with Gasteiger partial charge in [-0.2, -0.15) is 12.6 Å². The Labute approximate surface area is 389 Å². The van der Waals surface area contributed by atoms with Crippen LogP contribution in [0.3, 0.4) is 0 Å². The molecule has 0 aliphatic rings. The number of amides is 4. The van der Waals surface area contributed by atoms with Crippen molar-refractivity contribution in [1.82, 2.24) is 25.9 Å². The number of carbonyl (C=O) groups excluding carboxylic acids is 5. The lowest BCUT2D eigenvalue weighted by atomic mass is 9.89. The molecule has 0 saturated carbocycles. The Hall–Kier alpha value is -7.03. The van der Waals surface area contributed by atoms with Crippen molar-refractivity contribution < 1.29 is 24.0 Å². The molecule has 0 aliphatic heterocycles. The predicted molar refractivity (Wildman–Crippen MR) is 264 cm³/mol. The number of hydrogen-bond donors (Lipinski definition) is 8. The van der Waals surface area contributed by atoms with Gasteiger partial charge in [-0.05, 0) is 77.4 Å². The molecule has 0 bridgehead atoms. The van der Waals surface area contributed by atoms with E-state index in [9.17, 15) is 24.0 Å². The number of nitrogens with one attached hydrogen (secondary N) is 5. The zero-order valence-corrected chi connectivity index (χ0v) is 37.5. The third kappa shape index (κ3) is 12.6. The molecule has 13 nitrogen and oxygen atoms in total. The highest BCUT2D eigenvalue weighted by molar-refractivity contribution is 7.80.